The summed E-state index contributed by atoms with van der Waals surface area (Å²) in [5.41, 5.74) is 1.83. The van der Waals surface area contributed by atoms with Crippen LogP contribution in [0.5, 0.6) is 0 Å². The van der Waals surface area contributed by atoms with Crippen LogP contribution in [0.25, 0.3) is 0 Å². The lowest BCUT2D eigenvalue weighted by molar-refractivity contribution is 0.620. The van der Waals surface area contributed by atoms with E-state index in [0.29, 0.717) is 11.3 Å². The van der Waals surface area contributed by atoms with Crippen LogP contribution in [0, 0.1) is 5.41 Å². The first-order chi connectivity index (χ1) is 6.13. The third-order valence-electron chi connectivity index (χ3n) is 2.80. The summed E-state index contributed by atoms with van der Waals surface area (Å²) in [4.78, 5) is 4.26. The van der Waals surface area contributed by atoms with E-state index in [2.05, 4.69) is 24.9 Å². The lowest BCUT2D eigenvalue weighted by Gasteiger charge is -2.03. The molecule has 3 heteroatoms. The Hall–Kier alpha value is -0.540. The molecule has 1 heterocycles. The summed E-state index contributed by atoms with van der Waals surface area (Å²) in [6.07, 6.45) is 3.23. The van der Waals surface area contributed by atoms with E-state index in [4.69, 9.17) is 5.14 Å². The quantitative estimate of drug-likeness (QED) is 0.735. The van der Waals surface area contributed by atoms with Gasteiger partial charge in [0.05, 0.1) is 0 Å². The van der Waals surface area contributed by atoms with Crippen molar-refractivity contribution in [1.29, 1.82) is 0 Å². The van der Waals surface area contributed by atoms with Crippen LogP contribution in [-0.4, -0.2) is 4.98 Å². The van der Waals surface area contributed by atoms with Gasteiger partial charge in [-0.15, -0.1) is 0 Å². The molecule has 1 aliphatic carbocycles. The average Bonchev–Trinajstić information content (AvgIpc) is 2.76. The van der Waals surface area contributed by atoms with Gasteiger partial charge in [0, 0.05) is 6.20 Å². The van der Waals surface area contributed by atoms with Crippen LogP contribution in [0.3, 0.4) is 0 Å². The van der Waals surface area contributed by atoms with E-state index in [1.807, 2.05) is 12.3 Å². The molecular formula is C10H14N2S. The van der Waals surface area contributed by atoms with Gasteiger partial charge in [0.15, 0.2) is 0 Å². The van der Waals surface area contributed by atoms with Gasteiger partial charge >= 0.3 is 0 Å². The number of rotatable bonds is 2. The van der Waals surface area contributed by atoms with E-state index < -0.39 is 0 Å². The summed E-state index contributed by atoms with van der Waals surface area (Å²) in [6, 6.07) is 4.13. The number of pyridine rings is 1. The Kier molecular flexibility index (Phi) is 2.08. The highest BCUT2D eigenvalue weighted by Crippen LogP contribution is 2.58. The number of nitrogens with two attached hydrogens (primary N) is 1. The molecule has 1 aliphatic rings. The van der Waals surface area contributed by atoms with Gasteiger partial charge in [-0.1, -0.05) is 19.9 Å². The second-order valence-electron chi connectivity index (χ2n) is 4.29. The molecule has 0 bridgehead atoms. The van der Waals surface area contributed by atoms with Crippen molar-refractivity contribution >= 4 is 11.9 Å². The second-order valence-corrected chi connectivity index (χ2v) is 4.95. The third-order valence-corrected chi connectivity index (χ3v) is 3.28. The van der Waals surface area contributed by atoms with Crippen LogP contribution in [0.4, 0.5) is 0 Å². The molecule has 1 atom stereocenters. The van der Waals surface area contributed by atoms with Gasteiger partial charge in [-0.2, -0.15) is 0 Å². The molecule has 0 amide bonds. The maximum atomic E-state index is 5.40. The number of hydrogen-bond donors (Lipinski definition) is 1. The summed E-state index contributed by atoms with van der Waals surface area (Å²) >= 11 is 1.20. The third kappa shape index (κ3) is 1.71. The summed E-state index contributed by atoms with van der Waals surface area (Å²) in [5, 5.41) is 6.29. The van der Waals surface area contributed by atoms with Gasteiger partial charge in [-0.05, 0) is 41.3 Å². The number of nitrogens with zero attached hydrogens (tertiary/aromatic N) is 1. The van der Waals surface area contributed by atoms with Gasteiger partial charge in [0.2, 0.25) is 0 Å². The van der Waals surface area contributed by atoms with Crippen molar-refractivity contribution in [3.05, 3.63) is 23.9 Å². The van der Waals surface area contributed by atoms with Crippen LogP contribution in [0.2, 0.25) is 0 Å². The van der Waals surface area contributed by atoms with E-state index in [9.17, 15) is 0 Å². The van der Waals surface area contributed by atoms with Crippen LogP contribution in [-0.2, 0) is 0 Å². The SMILES string of the molecule is CC1(C)CC1c1ccc(SN)nc1. The highest BCUT2D eigenvalue weighted by atomic mass is 32.2. The van der Waals surface area contributed by atoms with Crippen LogP contribution in [0.1, 0.15) is 31.7 Å². The first-order valence-corrected chi connectivity index (χ1v) is 5.34. The fourth-order valence-electron chi connectivity index (χ4n) is 1.70. The van der Waals surface area contributed by atoms with Crippen molar-refractivity contribution in [2.24, 2.45) is 10.6 Å². The van der Waals surface area contributed by atoms with E-state index >= 15 is 0 Å². The summed E-state index contributed by atoms with van der Waals surface area (Å²) in [5.74, 6) is 0.705. The van der Waals surface area contributed by atoms with Crippen molar-refractivity contribution in [2.45, 2.75) is 31.2 Å². The van der Waals surface area contributed by atoms with Gasteiger partial charge in [0.1, 0.15) is 5.03 Å². The molecule has 0 saturated heterocycles. The van der Waals surface area contributed by atoms with Crippen LogP contribution >= 0.6 is 11.9 Å². The highest BCUT2D eigenvalue weighted by molar-refractivity contribution is 7.97. The van der Waals surface area contributed by atoms with Crippen molar-refractivity contribution in [3.63, 3.8) is 0 Å². The average molecular weight is 194 g/mol. The second kappa shape index (κ2) is 3.00. The highest BCUT2D eigenvalue weighted by Gasteiger charge is 2.46. The minimum Gasteiger partial charge on any atom is -0.272 e. The predicted molar refractivity (Wildman–Crippen MR) is 55.4 cm³/mol. The Labute approximate surface area is 83.1 Å². The van der Waals surface area contributed by atoms with Crippen molar-refractivity contribution in [2.75, 3.05) is 0 Å². The van der Waals surface area contributed by atoms with Gasteiger partial charge in [-0.25, -0.2) is 4.98 Å². The molecule has 2 N–H and O–H groups in total. The zero-order valence-corrected chi connectivity index (χ0v) is 8.77. The fraction of sp³-hybridized carbons (Fsp3) is 0.500. The monoisotopic (exact) mass is 194 g/mol. The van der Waals surface area contributed by atoms with E-state index in [-0.39, 0.29) is 0 Å². The Morgan fingerprint density at radius 1 is 1.54 bits per heavy atom. The molecule has 1 aromatic rings. The van der Waals surface area contributed by atoms with Crippen LogP contribution in [0.15, 0.2) is 23.4 Å². The zero-order chi connectivity index (χ0) is 9.47. The summed E-state index contributed by atoms with van der Waals surface area (Å²) < 4.78 is 0. The summed E-state index contributed by atoms with van der Waals surface area (Å²) in [6.45, 7) is 4.59. The molecule has 0 radical (unpaired) electrons. The molecule has 70 valence electrons. The Morgan fingerprint density at radius 3 is 2.62 bits per heavy atom. The smallest absolute Gasteiger partial charge is 0.111 e. The molecule has 1 saturated carbocycles. The zero-order valence-electron chi connectivity index (χ0n) is 7.95. The largest absolute Gasteiger partial charge is 0.272 e. The lowest BCUT2D eigenvalue weighted by Crippen LogP contribution is -1.92. The van der Waals surface area contributed by atoms with Gasteiger partial charge in [0.25, 0.3) is 0 Å². The number of hydrogen-bond acceptors (Lipinski definition) is 3. The molecular weight excluding hydrogens is 180 g/mol. The summed E-state index contributed by atoms with van der Waals surface area (Å²) in [7, 11) is 0. The minimum absolute atomic E-state index is 0.485. The minimum atomic E-state index is 0.485. The normalized spacial score (nSPS) is 24.4. The Balaban J connectivity index is 2.16. The van der Waals surface area contributed by atoms with Gasteiger partial charge in [-0.3, -0.25) is 5.14 Å². The fourth-order valence-corrected chi connectivity index (χ4v) is 1.96. The van der Waals surface area contributed by atoms with Gasteiger partial charge < -0.3 is 0 Å². The molecule has 1 fully saturated rings. The molecule has 0 aliphatic heterocycles. The van der Waals surface area contributed by atoms with E-state index in [1.165, 1.54) is 23.9 Å². The molecule has 1 aromatic heterocycles. The lowest BCUT2D eigenvalue weighted by atomic mass is 10.1. The molecule has 13 heavy (non-hydrogen) atoms. The van der Waals surface area contributed by atoms with E-state index in [1.54, 1.807) is 0 Å². The first kappa shape index (κ1) is 9.03. The molecule has 2 nitrogen and oxygen atoms in total. The number of aromatic nitrogens is 1. The standard InChI is InChI=1S/C10H14N2S/c1-10(2)5-8(10)7-3-4-9(13-11)12-6-7/h3-4,6,8H,5,11H2,1-2H3. The maximum absolute atomic E-state index is 5.40. The molecule has 0 aromatic carbocycles. The first-order valence-electron chi connectivity index (χ1n) is 4.46. The predicted octanol–water partition coefficient (Wildman–Crippen LogP) is 2.56. The Bertz CT molecular complexity index is 305. The van der Waals surface area contributed by atoms with Crippen molar-refractivity contribution in [3.8, 4) is 0 Å². The molecule has 2 rings (SSSR count). The van der Waals surface area contributed by atoms with E-state index in [0.717, 1.165) is 5.03 Å². The van der Waals surface area contributed by atoms with Crippen LogP contribution < -0.4 is 5.14 Å². The van der Waals surface area contributed by atoms with Crippen molar-refractivity contribution in [1.82, 2.24) is 4.98 Å². The Morgan fingerprint density at radius 2 is 2.23 bits per heavy atom. The molecule has 1 unspecified atom stereocenters. The topological polar surface area (TPSA) is 38.9 Å². The molecule has 0 spiro atoms. The maximum Gasteiger partial charge on any atom is 0.111 e. The van der Waals surface area contributed by atoms with Crippen molar-refractivity contribution < 1.29 is 0 Å².